The Morgan fingerprint density at radius 3 is 2.82 bits per heavy atom. The summed E-state index contributed by atoms with van der Waals surface area (Å²) in [6.07, 6.45) is 2.23. The fraction of sp³-hybridized carbons (Fsp3) is 0.500. The highest BCUT2D eigenvalue weighted by Gasteiger charge is 2.40. The molecule has 2 aliphatic rings. The van der Waals surface area contributed by atoms with Crippen LogP contribution in [0.25, 0.3) is 0 Å². The SMILES string of the molecule is O=S(=O)(c1cccc(F)c1)N1CCC[C@]2(CC1)CN(Cc1cccs1)CCO2. The zero-order valence-electron chi connectivity index (χ0n) is 15.7. The minimum atomic E-state index is -3.69. The highest BCUT2D eigenvalue weighted by atomic mass is 32.2. The molecule has 28 heavy (non-hydrogen) atoms. The first-order chi connectivity index (χ1) is 13.5. The zero-order valence-corrected chi connectivity index (χ0v) is 17.4. The topological polar surface area (TPSA) is 49.9 Å². The van der Waals surface area contributed by atoms with E-state index in [1.54, 1.807) is 11.3 Å². The van der Waals surface area contributed by atoms with Crippen molar-refractivity contribution in [2.75, 3.05) is 32.8 Å². The Morgan fingerprint density at radius 2 is 2.04 bits per heavy atom. The van der Waals surface area contributed by atoms with Gasteiger partial charge < -0.3 is 4.74 Å². The number of hydrogen-bond acceptors (Lipinski definition) is 5. The zero-order chi connectivity index (χ0) is 19.6. The van der Waals surface area contributed by atoms with Crippen molar-refractivity contribution < 1.29 is 17.5 Å². The van der Waals surface area contributed by atoms with E-state index in [0.717, 1.165) is 38.5 Å². The summed E-state index contributed by atoms with van der Waals surface area (Å²) >= 11 is 1.76. The molecule has 1 aromatic carbocycles. The van der Waals surface area contributed by atoms with Crippen LogP contribution >= 0.6 is 11.3 Å². The molecule has 3 heterocycles. The molecule has 0 amide bonds. The maximum Gasteiger partial charge on any atom is 0.243 e. The van der Waals surface area contributed by atoms with Gasteiger partial charge in [-0.1, -0.05) is 12.1 Å². The maximum absolute atomic E-state index is 13.5. The van der Waals surface area contributed by atoms with Gasteiger partial charge in [0.2, 0.25) is 10.0 Å². The van der Waals surface area contributed by atoms with Gasteiger partial charge in [0.25, 0.3) is 0 Å². The largest absolute Gasteiger partial charge is 0.372 e. The second kappa shape index (κ2) is 8.20. The van der Waals surface area contributed by atoms with Gasteiger partial charge in [-0.05, 0) is 48.9 Å². The number of nitrogens with zero attached hydrogens (tertiary/aromatic N) is 2. The molecule has 0 bridgehead atoms. The first-order valence-electron chi connectivity index (χ1n) is 9.61. The molecule has 1 atom stereocenters. The van der Waals surface area contributed by atoms with Crippen molar-refractivity contribution in [3.05, 3.63) is 52.5 Å². The van der Waals surface area contributed by atoms with Crippen LogP contribution < -0.4 is 0 Å². The molecule has 1 spiro atoms. The minimum Gasteiger partial charge on any atom is -0.372 e. The van der Waals surface area contributed by atoms with Gasteiger partial charge in [-0.15, -0.1) is 11.3 Å². The van der Waals surface area contributed by atoms with E-state index in [1.165, 1.54) is 27.4 Å². The molecule has 4 rings (SSSR count). The number of halogens is 1. The normalized spacial score (nSPS) is 25.0. The summed E-state index contributed by atoms with van der Waals surface area (Å²) in [6, 6.07) is 9.46. The smallest absolute Gasteiger partial charge is 0.243 e. The van der Waals surface area contributed by atoms with Crippen LogP contribution in [0.4, 0.5) is 4.39 Å². The Balaban J connectivity index is 1.45. The van der Waals surface area contributed by atoms with Crippen LogP contribution in [-0.4, -0.2) is 56.0 Å². The van der Waals surface area contributed by atoms with Crippen molar-refractivity contribution in [1.29, 1.82) is 0 Å². The molecule has 1 aromatic heterocycles. The molecule has 152 valence electrons. The standard InChI is InChI=1S/C20H25FN2O3S2/c21-17-4-1-6-19(14-17)28(24,25)23-9-3-7-20(8-10-23)16-22(11-12-26-20)15-18-5-2-13-27-18/h1-2,4-6,13-14H,3,7-12,15-16H2/t20-/m0/s1. The fourth-order valence-electron chi connectivity index (χ4n) is 4.14. The molecule has 2 saturated heterocycles. The van der Waals surface area contributed by atoms with Crippen LogP contribution in [0.1, 0.15) is 24.1 Å². The lowest BCUT2D eigenvalue weighted by Crippen LogP contribution is -2.51. The number of ether oxygens (including phenoxy) is 1. The second-order valence-electron chi connectivity index (χ2n) is 7.54. The molecule has 0 radical (unpaired) electrons. The Bertz CT molecular complexity index is 904. The van der Waals surface area contributed by atoms with E-state index in [-0.39, 0.29) is 10.5 Å². The molecule has 2 fully saturated rings. The Kier molecular flexibility index (Phi) is 5.85. The molecule has 2 aromatic rings. The van der Waals surface area contributed by atoms with Crippen molar-refractivity contribution in [2.45, 2.75) is 36.3 Å². The molecule has 8 heteroatoms. The molecule has 0 N–H and O–H groups in total. The van der Waals surface area contributed by atoms with Crippen LogP contribution in [0.15, 0.2) is 46.7 Å². The van der Waals surface area contributed by atoms with Gasteiger partial charge >= 0.3 is 0 Å². The fourth-order valence-corrected chi connectivity index (χ4v) is 6.40. The van der Waals surface area contributed by atoms with Crippen molar-refractivity contribution in [2.24, 2.45) is 0 Å². The van der Waals surface area contributed by atoms with Gasteiger partial charge in [0, 0.05) is 37.6 Å². The molecular weight excluding hydrogens is 399 g/mol. The van der Waals surface area contributed by atoms with Crippen molar-refractivity contribution in [1.82, 2.24) is 9.21 Å². The minimum absolute atomic E-state index is 0.0207. The Labute approximate surface area is 169 Å². The number of sulfonamides is 1. The summed E-state index contributed by atoms with van der Waals surface area (Å²) in [4.78, 5) is 3.76. The summed E-state index contributed by atoms with van der Waals surface area (Å²) in [7, 11) is -3.69. The number of rotatable bonds is 4. The van der Waals surface area contributed by atoms with Crippen molar-refractivity contribution >= 4 is 21.4 Å². The van der Waals surface area contributed by atoms with Gasteiger partial charge in [-0.2, -0.15) is 4.31 Å². The van der Waals surface area contributed by atoms with E-state index in [4.69, 9.17) is 4.74 Å². The molecule has 2 aliphatic heterocycles. The van der Waals surface area contributed by atoms with Crippen LogP contribution in [0.2, 0.25) is 0 Å². The predicted octanol–water partition coefficient (Wildman–Crippen LogP) is 3.33. The lowest BCUT2D eigenvalue weighted by atomic mass is 9.92. The maximum atomic E-state index is 13.5. The molecule has 0 aliphatic carbocycles. The van der Waals surface area contributed by atoms with Crippen LogP contribution in [0.3, 0.4) is 0 Å². The van der Waals surface area contributed by atoms with E-state index in [9.17, 15) is 12.8 Å². The molecule has 0 saturated carbocycles. The van der Waals surface area contributed by atoms with Crippen LogP contribution in [0.5, 0.6) is 0 Å². The van der Waals surface area contributed by atoms with E-state index in [0.29, 0.717) is 26.1 Å². The summed E-state index contributed by atoms with van der Waals surface area (Å²) in [5.41, 5.74) is -0.304. The summed E-state index contributed by atoms with van der Waals surface area (Å²) < 4.78 is 47.1. The molecule has 0 unspecified atom stereocenters. The highest BCUT2D eigenvalue weighted by Crippen LogP contribution is 2.33. The monoisotopic (exact) mass is 424 g/mol. The lowest BCUT2D eigenvalue weighted by Gasteiger charge is -2.42. The van der Waals surface area contributed by atoms with E-state index < -0.39 is 15.8 Å². The van der Waals surface area contributed by atoms with E-state index >= 15 is 0 Å². The molecule has 5 nitrogen and oxygen atoms in total. The average molecular weight is 425 g/mol. The van der Waals surface area contributed by atoms with Gasteiger partial charge in [0.05, 0.1) is 17.1 Å². The van der Waals surface area contributed by atoms with E-state index in [2.05, 4.69) is 22.4 Å². The first-order valence-corrected chi connectivity index (χ1v) is 11.9. The van der Waals surface area contributed by atoms with Crippen LogP contribution in [-0.2, 0) is 21.3 Å². The number of benzene rings is 1. The van der Waals surface area contributed by atoms with Crippen molar-refractivity contribution in [3.63, 3.8) is 0 Å². The summed E-state index contributed by atoms with van der Waals surface area (Å²) in [5, 5.41) is 2.09. The summed E-state index contributed by atoms with van der Waals surface area (Å²) in [6.45, 7) is 4.13. The van der Waals surface area contributed by atoms with Gasteiger partial charge in [-0.25, -0.2) is 12.8 Å². The highest BCUT2D eigenvalue weighted by molar-refractivity contribution is 7.89. The Hall–Kier alpha value is -1.32. The first kappa shape index (κ1) is 20.0. The second-order valence-corrected chi connectivity index (χ2v) is 10.5. The van der Waals surface area contributed by atoms with Gasteiger partial charge in [-0.3, -0.25) is 4.90 Å². The average Bonchev–Trinajstić information content (AvgIpc) is 3.09. The molecular formula is C20H25FN2O3S2. The predicted molar refractivity (Wildman–Crippen MR) is 107 cm³/mol. The van der Waals surface area contributed by atoms with Crippen LogP contribution in [0, 0.1) is 5.82 Å². The van der Waals surface area contributed by atoms with Crippen molar-refractivity contribution in [3.8, 4) is 0 Å². The lowest BCUT2D eigenvalue weighted by molar-refractivity contribution is -0.117. The van der Waals surface area contributed by atoms with E-state index in [1.807, 2.05) is 0 Å². The van der Waals surface area contributed by atoms with Gasteiger partial charge in [0.15, 0.2) is 0 Å². The number of morpholine rings is 1. The third-order valence-corrected chi connectivity index (χ3v) is 8.33. The third-order valence-electron chi connectivity index (χ3n) is 5.58. The number of thiophene rings is 1. The third kappa shape index (κ3) is 4.31. The van der Waals surface area contributed by atoms with Gasteiger partial charge in [0.1, 0.15) is 5.82 Å². The number of hydrogen-bond donors (Lipinski definition) is 0. The summed E-state index contributed by atoms with van der Waals surface area (Å²) in [5.74, 6) is -0.535. The Morgan fingerprint density at radius 1 is 1.14 bits per heavy atom. The quantitative estimate of drug-likeness (QED) is 0.756.